The van der Waals surface area contributed by atoms with Gasteiger partial charge >= 0.3 is 0 Å². The molecule has 0 unspecified atom stereocenters. The van der Waals surface area contributed by atoms with Crippen molar-refractivity contribution in [2.45, 2.75) is 0 Å². The highest BCUT2D eigenvalue weighted by Gasteiger charge is 1.97. The molecule has 0 saturated heterocycles. The van der Waals surface area contributed by atoms with Crippen molar-refractivity contribution in [1.82, 2.24) is 9.97 Å². The monoisotopic (exact) mass is 192 g/mol. The summed E-state index contributed by atoms with van der Waals surface area (Å²) in [5, 5.41) is 0.943. The lowest BCUT2D eigenvalue weighted by molar-refractivity contribution is 0.415. The molecule has 1 aromatic carbocycles. The highest BCUT2D eigenvalue weighted by atomic mass is 32.1. The number of aromatic nitrogens is 2. The summed E-state index contributed by atoms with van der Waals surface area (Å²) in [5.41, 5.74) is 0.944. The van der Waals surface area contributed by atoms with Crippen LogP contribution in [0.25, 0.3) is 10.9 Å². The maximum atomic E-state index is 5.09. The average molecular weight is 192 g/mol. The second kappa shape index (κ2) is 3.14. The maximum Gasteiger partial charge on any atom is 0.137 e. The first-order valence-corrected chi connectivity index (χ1v) is 4.23. The van der Waals surface area contributed by atoms with Gasteiger partial charge in [-0.25, -0.2) is 4.98 Å². The second-order valence-electron chi connectivity index (χ2n) is 2.62. The lowest BCUT2D eigenvalue weighted by Gasteiger charge is -2.01. The Morgan fingerprint density at radius 3 is 3.08 bits per heavy atom. The Morgan fingerprint density at radius 1 is 1.46 bits per heavy atom. The number of hydrogen-bond acceptors (Lipinski definition) is 3. The molecule has 0 spiro atoms. The van der Waals surface area contributed by atoms with Crippen LogP contribution in [0, 0.1) is 4.64 Å². The highest BCUT2D eigenvalue weighted by molar-refractivity contribution is 7.71. The van der Waals surface area contributed by atoms with E-state index in [1.807, 2.05) is 18.2 Å². The smallest absolute Gasteiger partial charge is 0.137 e. The summed E-state index contributed by atoms with van der Waals surface area (Å²) in [4.78, 5) is 6.99. The minimum absolute atomic E-state index is 0.608. The van der Waals surface area contributed by atoms with E-state index in [0.29, 0.717) is 4.64 Å². The zero-order valence-electron chi connectivity index (χ0n) is 7.07. The molecule has 0 fully saturated rings. The Hall–Kier alpha value is -1.42. The molecule has 1 heterocycles. The van der Waals surface area contributed by atoms with Gasteiger partial charge in [0.15, 0.2) is 0 Å². The number of benzene rings is 1. The molecule has 2 aromatic rings. The fraction of sp³-hybridized carbons (Fsp3) is 0.111. The van der Waals surface area contributed by atoms with Gasteiger partial charge in [-0.3, -0.25) is 0 Å². The average Bonchev–Trinajstić information content (AvgIpc) is 2.18. The van der Waals surface area contributed by atoms with Crippen molar-refractivity contribution in [3.05, 3.63) is 29.2 Å². The molecule has 3 nitrogen and oxygen atoms in total. The number of hydrogen-bond donors (Lipinski definition) is 1. The van der Waals surface area contributed by atoms with Crippen LogP contribution in [0.1, 0.15) is 0 Å². The van der Waals surface area contributed by atoms with E-state index in [-0.39, 0.29) is 0 Å². The zero-order valence-corrected chi connectivity index (χ0v) is 7.89. The van der Waals surface area contributed by atoms with Crippen LogP contribution in [0.15, 0.2) is 24.5 Å². The predicted octanol–water partition coefficient (Wildman–Crippen LogP) is 2.30. The third-order valence-electron chi connectivity index (χ3n) is 1.86. The van der Waals surface area contributed by atoms with Gasteiger partial charge in [0.1, 0.15) is 10.4 Å². The van der Waals surface area contributed by atoms with E-state index in [1.54, 1.807) is 13.4 Å². The van der Waals surface area contributed by atoms with Crippen molar-refractivity contribution in [3.8, 4) is 5.75 Å². The van der Waals surface area contributed by atoms with E-state index in [1.165, 1.54) is 0 Å². The molecule has 66 valence electrons. The summed E-state index contributed by atoms with van der Waals surface area (Å²) < 4.78 is 5.70. The van der Waals surface area contributed by atoms with Crippen LogP contribution in [0.3, 0.4) is 0 Å². The molecule has 0 atom stereocenters. The van der Waals surface area contributed by atoms with Crippen molar-refractivity contribution in [2.24, 2.45) is 0 Å². The molecule has 0 saturated carbocycles. The summed E-state index contributed by atoms with van der Waals surface area (Å²) in [5.74, 6) is 0.810. The van der Waals surface area contributed by atoms with Gasteiger partial charge in [-0.1, -0.05) is 12.2 Å². The van der Waals surface area contributed by atoms with E-state index in [9.17, 15) is 0 Å². The van der Waals surface area contributed by atoms with Crippen LogP contribution in [0.5, 0.6) is 5.75 Å². The van der Waals surface area contributed by atoms with Gasteiger partial charge in [0.2, 0.25) is 0 Å². The van der Waals surface area contributed by atoms with Gasteiger partial charge in [0, 0.05) is 11.5 Å². The van der Waals surface area contributed by atoms with Gasteiger partial charge in [-0.15, -0.1) is 0 Å². The quantitative estimate of drug-likeness (QED) is 0.704. The van der Waals surface area contributed by atoms with E-state index < -0.39 is 0 Å². The topological polar surface area (TPSA) is 37.9 Å². The Bertz CT molecular complexity index is 492. The first kappa shape index (κ1) is 8.19. The van der Waals surface area contributed by atoms with Crippen molar-refractivity contribution in [1.29, 1.82) is 0 Å². The fourth-order valence-corrected chi connectivity index (χ4v) is 1.42. The molecule has 2 rings (SSSR count). The minimum atomic E-state index is 0.608. The van der Waals surface area contributed by atoms with Crippen LogP contribution >= 0.6 is 12.2 Å². The van der Waals surface area contributed by atoms with Crippen LogP contribution in [-0.2, 0) is 0 Å². The van der Waals surface area contributed by atoms with Gasteiger partial charge in [0.25, 0.3) is 0 Å². The van der Waals surface area contributed by atoms with Crippen LogP contribution in [0.4, 0.5) is 0 Å². The van der Waals surface area contributed by atoms with Gasteiger partial charge < -0.3 is 9.72 Å². The van der Waals surface area contributed by atoms with E-state index in [2.05, 4.69) is 9.97 Å². The predicted molar refractivity (Wildman–Crippen MR) is 53.5 cm³/mol. The number of methoxy groups -OCH3 is 1. The van der Waals surface area contributed by atoms with Crippen LogP contribution in [0.2, 0.25) is 0 Å². The molecule has 0 bridgehead atoms. The van der Waals surface area contributed by atoms with Crippen LogP contribution < -0.4 is 4.74 Å². The lowest BCUT2D eigenvalue weighted by Crippen LogP contribution is -1.86. The summed E-state index contributed by atoms with van der Waals surface area (Å²) in [7, 11) is 1.64. The fourth-order valence-electron chi connectivity index (χ4n) is 1.19. The Kier molecular flexibility index (Phi) is 1.98. The van der Waals surface area contributed by atoms with Gasteiger partial charge in [-0.05, 0) is 12.1 Å². The van der Waals surface area contributed by atoms with Crippen molar-refractivity contribution < 1.29 is 4.74 Å². The van der Waals surface area contributed by atoms with Gasteiger partial charge in [0.05, 0.1) is 19.0 Å². The number of aromatic amines is 1. The van der Waals surface area contributed by atoms with Crippen LogP contribution in [-0.4, -0.2) is 17.1 Å². The number of H-pyrrole nitrogens is 1. The standard InChI is InChI=1S/C9H8N2OS/c1-12-6-2-3-7-8(4-6)10-5-11-9(7)13/h2-5H,1H3,(H,10,11,13). The molecule has 0 aliphatic heterocycles. The van der Waals surface area contributed by atoms with Crippen molar-refractivity contribution in [3.63, 3.8) is 0 Å². The molecule has 4 heteroatoms. The SMILES string of the molecule is COc1ccc2c(=S)nc[nH]c2c1. The molecule has 13 heavy (non-hydrogen) atoms. The Balaban J connectivity index is 2.80. The number of ether oxygens (including phenoxy) is 1. The number of fused-ring (bicyclic) bond motifs is 1. The summed E-state index contributed by atoms with van der Waals surface area (Å²) in [6, 6.07) is 5.67. The molecule has 1 aromatic heterocycles. The highest BCUT2D eigenvalue weighted by Crippen LogP contribution is 2.18. The zero-order chi connectivity index (χ0) is 9.26. The Labute approximate surface area is 80.4 Å². The molecule has 0 aliphatic carbocycles. The van der Waals surface area contributed by atoms with E-state index in [0.717, 1.165) is 16.7 Å². The molecular formula is C9H8N2OS. The Morgan fingerprint density at radius 2 is 2.31 bits per heavy atom. The van der Waals surface area contributed by atoms with Crippen molar-refractivity contribution in [2.75, 3.05) is 7.11 Å². The molecule has 0 aliphatic rings. The first-order valence-electron chi connectivity index (χ1n) is 3.83. The summed E-state index contributed by atoms with van der Waals surface area (Å²) >= 11 is 5.06. The third kappa shape index (κ3) is 1.40. The lowest BCUT2D eigenvalue weighted by atomic mass is 10.2. The number of rotatable bonds is 1. The summed E-state index contributed by atoms with van der Waals surface area (Å²) in [6.07, 6.45) is 1.59. The van der Waals surface area contributed by atoms with Gasteiger partial charge in [-0.2, -0.15) is 0 Å². The molecule has 0 radical (unpaired) electrons. The number of nitrogens with zero attached hydrogens (tertiary/aromatic N) is 1. The number of nitrogens with one attached hydrogen (secondary N) is 1. The first-order chi connectivity index (χ1) is 6.31. The largest absolute Gasteiger partial charge is 0.497 e. The third-order valence-corrected chi connectivity index (χ3v) is 2.18. The van der Waals surface area contributed by atoms with E-state index in [4.69, 9.17) is 17.0 Å². The van der Waals surface area contributed by atoms with E-state index >= 15 is 0 Å². The normalized spacial score (nSPS) is 10.2. The molecule has 0 amide bonds. The molecule has 1 N–H and O–H groups in total. The second-order valence-corrected chi connectivity index (χ2v) is 3.01. The maximum absolute atomic E-state index is 5.09. The minimum Gasteiger partial charge on any atom is -0.497 e. The summed E-state index contributed by atoms with van der Waals surface area (Å²) in [6.45, 7) is 0. The van der Waals surface area contributed by atoms with Crippen molar-refractivity contribution >= 4 is 23.1 Å². The molecular weight excluding hydrogens is 184 g/mol.